The van der Waals surface area contributed by atoms with E-state index < -0.39 is 0 Å². The van der Waals surface area contributed by atoms with E-state index >= 15 is 0 Å². The van der Waals surface area contributed by atoms with Gasteiger partial charge in [-0.1, -0.05) is 60.1 Å². The molecule has 0 unspecified atom stereocenters. The molecule has 0 aliphatic carbocycles. The topological polar surface area (TPSA) is 22.0 Å². The summed E-state index contributed by atoms with van der Waals surface area (Å²) in [6, 6.07) is 24.7. The molecule has 0 amide bonds. The molecule has 24 heavy (non-hydrogen) atoms. The molecule has 0 saturated carbocycles. The number of fused-ring (bicyclic) bond motifs is 1. The lowest BCUT2D eigenvalue weighted by atomic mass is 10.0. The zero-order valence-electron chi connectivity index (χ0n) is 12.8. The molecule has 0 saturated heterocycles. The van der Waals surface area contributed by atoms with E-state index in [1.54, 1.807) is 0 Å². The second kappa shape index (κ2) is 5.99. The molecule has 2 nitrogen and oxygen atoms in total. The Balaban J connectivity index is 1.91. The van der Waals surface area contributed by atoms with Crippen molar-refractivity contribution >= 4 is 28.3 Å². The number of hydrogen-bond donors (Lipinski definition) is 0. The first-order chi connectivity index (χ1) is 11.8. The lowest BCUT2D eigenvalue weighted by Crippen LogP contribution is -2.06. The third-order valence-electron chi connectivity index (χ3n) is 4.12. The third-order valence-corrected chi connectivity index (χ3v) is 4.45. The maximum absolute atomic E-state index is 12.9. The summed E-state index contributed by atoms with van der Waals surface area (Å²) in [5.41, 5.74) is 3.18. The van der Waals surface area contributed by atoms with Gasteiger partial charge in [-0.05, 0) is 30.3 Å². The number of halogens is 1. The van der Waals surface area contributed by atoms with Crippen molar-refractivity contribution in [3.63, 3.8) is 0 Å². The van der Waals surface area contributed by atoms with Crippen molar-refractivity contribution in [2.45, 2.75) is 0 Å². The van der Waals surface area contributed by atoms with Gasteiger partial charge in [-0.3, -0.25) is 4.79 Å². The number of aromatic nitrogens is 1. The largest absolute Gasteiger partial charge is 0.316 e. The maximum atomic E-state index is 12.9. The van der Waals surface area contributed by atoms with Gasteiger partial charge in [0.05, 0.1) is 11.2 Å². The van der Waals surface area contributed by atoms with E-state index in [2.05, 4.69) is 0 Å². The highest BCUT2D eigenvalue weighted by Gasteiger charge is 2.15. The molecular weight excluding hydrogens is 318 g/mol. The van der Waals surface area contributed by atoms with Crippen LogP contribution in [0.1, 0.15) is 15.9 Å². The van der Waals surface area contributed by atoms with Gasteiger partial charge in [-0.15, -0.1) is 0 Å². The van der Waals surface area contributed by atoms with E-state index in [1.807, 2.05) is 89.6 Å². The molecule has 3 aromatic carbocycles. The Hall–Kier alpha value is -2.84. The van der Waals surface area contributed by atoms with Crippen molar-refractivity contribution in [1.82, 2.24) is 4.57 Å². The Morgan fingerprint density at radius 1 is 0.792 bits per heavy atom. The van der Waals surface area contributed by atoms with Crippen LogP contribution >= 0.6 is 11.6 Å². The highest BCUT2D eigenvalue weighted by molar-refractivity contribution is 6.35. The van der Waals surface area contributed by atoms with Crippen molar-refractivity contribution in [2.24, 2.45) is 0 Å². The van der Waals surface area contributed by atoms with Gasteiger partial charge < -0.3 is 4.57 Å². The summed E-state index contributed by atoms with van der Waals surface area (Å²) in [4.78, 5) is 12.9. The highest BCUT2D eigenvalue weighted by atomic mass is 35.5. The number of hydrogen-bond acceptors (Lipinski definition) is 1. The van der Waals surface area contributed by atoms with Crippen molar-refractivity contribution in [3.8, 4) is 5.69 Å². The van der Waals surface area contributed by atoms with Gasteiger partial charge in [0, 0.05) is 27.7 Å². The summed E-state index contributed by atoms with van der Waals surface area (Å²) in [6.45, 7) is 0. The number of benzene rings is 3. The van der Waals surface area contributed by atoms with Crippen LogP contribution in [-0.4, -0.2) is 10.4 Å². The van der Waals surface area contributed by atoms with Crippen LogP contribution in [0.15, 0.2) is 85.1 Å². The van der Waals surface area contributed by atoms with Crippen LogP contribution in [0.25, 0.3) is 16.6 Å². The van der Waals surface area contributed by atoms with E-state index in [4.69, 9.17) is 11.6 Å². The molecule has 116 valence electrons. The van der Waals surface area contributed by atoms with Gasteiger partial charge in [0.2, 0.25) is 0 Å². The fourth-order valence-electron chi connectivity index (χ4n) is 2.96. The fourth-order valence-corrected chi connectivity index (χ4v) is 3.19. The summed E-state index contributed by atoms with van der Waals surface area (Å²) in [7, 11) is 0. The molecule has 1 heterocycles. The predicted molar refractivity (Wildman–Crippen MR) is 98.2 cm³/mol. The zero-order valence-corrected chi connectivity index (χ0v) is 13.6. The van der Waals surface area contributed by atoms with E-state index in [-0.39, 0.29) is 5.78 Å². The summed E-state index contributed by atoms with van der Waals surface area (Å²) in [5, 5.41) is 1.68. The van der Waals surface area contributed by atoms with Gasteiger partial charge in [-0.2, -0.15) is 0 Å². The first kappa shape index (κ1) is 14.7. The molecule has 0 aliphatic heterocycles. The predicted octanol–water partition coefficient (Wildman–Crippen LogP) is 5.51. The van der Waals surface area contributed by atoms with Crippen molar-refractivity contribution in [3.05, 3.63) is 101 Å². The number of rotatable bonds is 3. The highest BCUT2D eigenvalue weighted by Crippen LogP contribution is 2.28. The number of carbonyl (C=O) groups is 1. The fraction of sp³-hybridized carbons (Fsp3) is 0. The van der Waals surface area contributed by atoms with Gasteiger partial charge in [0.1, 0.15) is 0 Å². The molecule has 0 spiro atoms. The standard InChI is InChI=1S/C21H14ClNO/c22-18-10-6-12-19-16(18)13-14-23(19)20-11-5-4-9-17(20)21(24)15-7-2-1-3-8-15/h1-14H. The molecule has 3 heteroatoms. The van der Waals surface area contributed by atoms with Crippen LogP contribution in [-0.2, 0) is 0 Å². The van der Waals surface area contributed by atoms with Gasteiger partial charge in [0.15, 0.2) is 5.78 Å². The van der Waals surface area contributed by atoms with Gasteiger partial charge >= 0.3 is 0 Å². The van der Waals surface area contributed by atoms with E-state index in [9.17, 15) is 4.79 Å². The Kier molecular flexibility index (Phi) is 3.68. The first-order valence-corrected chi connectivity index (χ1v) is 8.08. The third kappa shape index (κ3) is 2.41. The molecule has 0 fully saturated rings. The van der Waals surface area contributed by atoms with E-state index in [1.165, 1.54) is 0 Å². The summed E-state index contributed by atoms with van der Waals surface area (Å²) in [6.07, 6.45) is 1.95. The number of carbonyl (C=O) groups excluding carboxylic acids is 1. The lowest BCUT2D eigenvalue weighted by Gasteiger charge is -2.11. The Labute approximate surface area is 144 Å². The minimum atomic E-state index is 0.00933. The van der Waals surface area contributed by atoms with Crippen LogP contribution in [0.4, 0.5) is 0 Å². The number of para-hydroxylation sites is 1. The second-order valence-electron chi connectivity index (χ2n) is 5.57. The normalized spacial score (nSPS) is 10.9. The smallest absolute Gasteiger partial charge is 0.195 e. The Morgan fingerprint density at radius 3 is 2.38 bits per heavy atom. The van der Waals surface area contributed by atoms with Crippen molar-refractivity contribution in [2.75, 3.05) is 0 Å². The molecule has 4 aromatic rings. The molecule has 1 aromatic heterocycles. The monoisotopic (exact) mass is 331 g/mol. The number of ketones is 1. The minimum Gasteiger partial charge on any atom is -0.316 e. The zero-order chi connectivity index (χ0) is 16.5. The van der Waals surface area contributed by atoms with Crippen molar-refractivity contribution < 1.29 is 4.79 Å². The van der Waals surface area contributed by atoms with Crippen LogP contribution in [0.5, 0.6) is 0 Å². The average molecular weight is 332 g/mol. The molecule has 0 N–H and O–H groups in total. The van der Waals surface area contributed by atoms with Gasteiger partial charge in [-0.25, -0.2) is 0 Å². The minimum absolute atomic E-state index is 0.00933. The molecule has 0 radical (unpaired) electrons. The Bertz CT molecular complexity index is 1030. The van der Waals surface area contributed by atoms with Crippen LogP contribution in [0.3, 0.4) is 0 Å². The summed E-state index contributed by atoms with van der Waals surface area (Å²) < 4.78 is 2.01. The molecule has 0 bridgehead atoms. The molecule has 0 atom stereocenters. The van der Waals surface area contributed by atoms with Crippen LogP contribution in [0.2, 0.25) is 5.02 Å². The summed E-state index contributed by atoms with van der Waals surface area (Å²) in [5.74, 6) is 0.00933. The van der Waals surface area contributed by atoms with Gasteiger partial charge in [0.25, 0.3) is 0 Å². The SMILES string of the molecule is O=C(c1ccccc1)c1ccccc1-n1ccc2c(Cl)cccc21. The number of nitrogens with zero attached hydrogens (tertiary/aromatic N) is 1. The Morgan fingerprint density at radius 2 is 1.54 bits per heavy atom. The quantitative estimate of drug-likeness (QED) is 0.453. The summed E-state index contributed by atoms with van der Waals surface area (Å²) >= 11 is 6.28. The first-order valence-electron chi connectivity index (χ1n) is 7.70. The van der Waals surface area contributed by atoms with E-state index in [0.29, 0.717) is 16.1 Å². The molecule has 0 aliphatic rings. The van der Waals surface area contributed by atoms with Crippen molar-refractivity contribution in [1.29, 1.82) is 0 Å². The van der Waals surface area contributed by atoms with Crippen LogP contribution < -0.4 is 0 Å². The maximum Gasteiger partial charge on any atom is 0.195 e. The molecule has 4 rings (SSSR count). The second-order valence-corrected chi connectivity index (χ2v) is 5.98. The average Bonchev–Trinajstić information content (AvgIpc) is 3.07. The lowest BCUT2D eigenvalue weighted by molar-refractivity contribution is 0.103. The van der Waals surface area contributed by atoms with Crippen LogP contribution in [0, 0.1) is 0 Å². The molecular formula is C21H14ClNO. The van der Waals surface area contributed by atoms with E-state index in [0.717, 1.165) is 16.6 Å².